The van der Waals surface area contributed by atoms with Crippen molar-refractivity contribution in [3.8, 4) is 0 Å². The lowest BCUT2D eigenvalue weighted by Crippen LogP contribution is -2.47. The molecular formula is C18H22OSi. The van der Waals surface area contributed by atoms with E-state index in [1.165, 1.54) is 23.6 Å². The maximum atomic E-state index is 6.77. The summed E-state index contributed by atoms with van der Waals surface area (Å²) in [6.45, 7) is 4.68. The monoisotopic (exact) mass is 282 g/mol. The zero-order chi connectivity index (χ0) is 14.1. The van der Waals surface area contributed by atoms with Gasteiger partial charge in [-0.3, -0.25) is 0 Å². The van der Waals surface area contributed by atoms with Gasteiger partial charge in [0.2, 0.25) is 0 Å². The number of rotatable bonds is 2. The minimum Gasteiger partial charge on any atom is -0.404 e. The second-order valence-corrected chi connectivity index (χ2v) is 10.5. The third-order valence-corrected chi connectivity index (χ3v) is 6.70. The Balaban J connectivity index is 2.13. The van der Waals surface area contributed by atoms with Crippen LogP contribution < -0.4 is 0 Å². The Bertz CT molecular complexity index is 523. The van der Waals surface area contributed by atoms with Crippen molar-refractivity contribution in [1.82, 2.24) is 0 Å². The molecule has 104 valence electrons. The lowest BCUT2D eigenvalue weighted by molar-refractivity contribution is 0.0723. The van der Waals surface area contributed by atoms with Crippen molar-refractivity contribution in [1.29, 1.82) is 0 Å². The van der Waals surface area contributed by atoms with Gasteiger partial charge in [0, 0.05) is 0 Å². The van der Waals surface area contributed by atoms with Crippen molar-refractivity contribution < 1.29 is 4.43 Å². The second kappa shape index (κ2) is 5.19. The van der Waals surface area contributed by atoms with Crippen molar-refractivity contribution in [2.45, 2.75) is 37.6 Å². The Kier molecular flexibility index (Phi) is 3.53. The Morgan fingerprint density at radius 2 is 1.35 bits per heavy atom. The van der Waals surface area contributed by atoms with Crippen LogP contribution in [0.4, 0.5) is 0 Å². The number of hydrogen-bond acceptors (Lipinski definition) is 1. The molecular weight excluding hydrogens is 260 g/mol. The molecule has 1 saturated heterocycles. The van der Waals surface area contributed by atoms with Gasteiger partial charge in [-0.15, -0.1) is 0 Å². The first-order valence-electron chi connectivity index (χ1n) is 7.44. The average Bonchev–Trinajstić information content (AvgIpc) is 2.48. The fourth-order valence-electron chi connectivity index (χ4n) is 3.32. The molecule has 0 amide bonds. The molecule has 0 radical (unpaired) electrons. The molecule has 0 saturated carbocycles. The van der Waals surface area contributed by atoms with Crippen molar-refractivity contribution in [3.63, 3.8) is 0 Å². The highest BCUT2D eigenvalue weighted by atomic mass is 28.4. The summed E-state index contributed by atoms with van der Waals surface area (Å²) < 4.78 is 6.77. The van der Waals surface area contributed by atoms with Crippen LogP contribution >= 0.6 is 0 Å². The highest BCUT2D eigenvalue weighted by Crippen LogP contribution is 2.45. The van der Waals surface area contributed by atoms with Gasteiger partial charge in [0.25, 0.3) is 0 Å². The fourth-order valence-corrected chi connectivity index (χ4v) is 5.74. The first kappa shape index (κ1) is 13.6. The highest BCUT2D eigenvalue weighted by molar-refractivity contribution is 6.71. The molecule has 1 fully saturated rings. The van der Waals surface area contributed by atoms with Gasteiger partial charge >= 0.3 is 0 Å². The van der Waals surface area contributed by atoms with Crippen LogP contribution in [0, 0.1) is 0 Å². The zero-order valence-corrected chi connectivity index (χ0v) is 13.3. The minimum atomic E-state index is -1.59. The lowest BCUT2D eigenvalue weighted by Gasteiger charge is -2.45. The third-order valence-electron chi connectivity index (χ3n) is 4.24. The van der Waals surface area contributed by atoms with Crippen molar-refractivity contribution in [2.24, 2.45) is 0 Å². The smallest absolute Gasteiger partial charge is 0.188 e. The van der Waals surface area contributed by atoms with Crippen molar-refractivity contribution >= 4 is 8.32 Å². The molecule has 0 atom stereocenters. The summed E-state index contributed by atoms with van der Waals surface area (Å²) in [5, 5.41) is 0. The molecule has 1 aliphatic heterocycles. The Hall–Kier alpha value is -1.38. The van der Waals surface area contributed by atoms with Crippen LogP contribution in [0.2, 0.25) is 19.1 Å². The van der Waals surface area contributed by atoms with E-state index in [0.29, 0.717) is 0 Å². The quantitative estimate of drug-likeness (QED) is 0.708. The van der Waals surface area contributed by atoms with Gasteiger partial charge in [-0.25, -0.2) is 0 Å². The summed E-state index contributed by atoms with van der Waals surface area (Å²) >= 11 is 0. The summed E-state index contributed by atoms with van der Waals surface area (Å²) in [5.41, 5.74) is 2.36. The van der Waals surface area contributed by atoms with Crippen LogP contribution in [0.3, 0.4) is 0 Å². The van der Waals surface area contributed by atoms with Gasteiger partial charge in [-0.05, 0) is 36.7 Å². The molecule has 0 aromatic heterocycles. The minimum absolute atomic E-state index is 0.240. The van der Waals surface area contributed by atoms with E-state index in [1.54, 1.807) is 0 Å². The van der Waals surface area contributed by atoms with Gasteiger partial charge in [0.05, 0.1) is 0 Å². The predicted molar refractivity (Wildman–Crippen MR) is 86.3 cm³/mol. The predicted octanol–water partition coefficient (Wildman–Crippen LogP) is 4.95. The topological polar surface area (TPSA) is 9.23 Å². The van der Waals surface area contributed by atoms with Gasteiger partial charge in [-0.1, -0.05) is 67.1 Å². The molecule has 0 bridgehead atoms. The Morgan fingerprint density at radius 1 is 0.850 bits per heavy atom. The van der Waals surface area contributed by atoms with Crippen LogP contribution in [-0.4, -0.2) is 8.32 Å². The molecule has 0 unspecified atom stereocenters. The molecule has 2 heteroatoms. The lowest BCUT2D eigenvalue weighted by atomic mass is 9.83. The van der Waals surface area contributed by atoms with E-state index in [1.807, 2.05) is 0 Å². The maximum absolute atomic E-state index is 6.77. The molecule has 1 nitrogen and oxygen atoms in total. The molecule has 0 N–H and O–H groups in total. The van der Waals surface area contributed by atoms with Gasteiger partial charge in [0.15, 0.2) is 8.32 Å². The molecule has 0 aliphatic carbocycles. The first-order chi connectivity index (χ1) is 9.62. The maximum Gasteiger partial charge on any atom is 0.188 e. The summed E-state index contributed by atoms with van der Waals surface area (Å²) in [5.74, 6) is 0. The van der Waals surface area contributed by atoms with Gasteiger partial charge in [-0.2, -0.15) is 0 Å². The zero-order valence-electron chi connectivity index (χ0n) is 12.3. The summed E-state index contributed by atoms with van der Waals surface area (Å²) in [6.07, 6.45) is 2.33. The van der Waals surface area contributed by atoms with Gasteiger partial charge < -0.3 is 4.43 Å². The van der Waals surface area contributed by atoms with E-state index in [0.717, 1.165) is 6.42 Å². The molecule has 1 aliphatic rings. The highest BCUT2D eigenvalue weighted by Gasteiger charge is 2.44. The molecule has 20 heavy (non-hydrogen) atoms. The van der Waals surface area contributed by atoms with Crippen LogP contribution in [-0.2, 0) is 10.0 Å². The third kappa shape index (κ3) is 2.46. The fraction of sp³-hybridized carbons (Fsp3) is 0.333. The van der Waals surface area contributed by atoms with E-state index in [9.17, 15) is 0 Å². The van der Waals surface area contributed by atoms with Crippen LogP contribution in [0.5, 0.6) is 0 Å². The number of benzene rings is 2. The largest absolute Gasteiger partial charge is 0.404 e. The first-order valence-corrected chi connectivity index (χ1v) is 10.6. The molecule has 1 heterocycles. The van der Waals surface area contributed by atoms with Crippen LogP contribution in [0.1, 0.15) is 24.0 Å². The SMILES string of the molecule is C[Si]1(C)CCCC(c2ccccc2)(c2ccccc2)O1. The van der Waals surface area contributed by atoms with Crippen LogP contribution in [0.25, 0.3) is 0 Å². The van der Waals surface area contributed by atoms with E-state index in [4.69, 9.17) is 4.43 Å². The second-order valence-electron chi connectivity index (χ2n) is 6.27. The number of hydrogen-bond donors (Lipinski definition) is 0. The Labute approximate surface area is 122 Å². The standard InChI is InChI=1S/C18H22OSi/c1-20(2)15-9-14-18(19-20,16-10-5-3-6-11-16)17-12-7-4-8-13-17/h3-8,10-13H,9,14-15H2,1-2H3. The van der Waals surface area contributed by atoms with E-state index < -0.39 is 8.32 Å². The van der Waals surface area contributed by atoms with Crippen molar-refractivity contribution in [3.05, 3.63) is 71.8 Å². The summed E-state index contributed by atoms with van der Waals surface area (Å²) in [7, 11) is -1.59. The molecule has 0 spiro atoms. The summed E-state index contributed by atoms with van der Waals surface area (Å²) in [6, 6.07) is 22.7. The van der Waals surface area contributed by atoms with Crippen LogP contribution in [0.15, 0.2) is 60.7 Å². The average molecular weight is 282 g/mol. The normalized spacial score (nSPS) is 20.5. The molecule has 2 aromatic rings. The molecule has 3 rings (SSSR count). The molecule has 2 aromatic carbocycles. The Morgan fingerprint density at radius 3 is 1.80 bits per heavy atom. The summed E-state index contributed by atoms with van der Waals surface area (Å²) in [4.78, 5) is 0. The van der Waals surface area contributed by atoms with Crippen molar-refractivity contribution in [2.75, 3.05) is 0 Å². The van der Waals surface area contributed by atoms with E-state index >= 15 is 0 Å². The van der Waals surface area contributed by atoms with Gasteiger partial charge in [0.1, 0.15) is 5.60 Å². The van der Waals surface area contributed by atoms with E-state index in [2.05, 4.69) is 73.8 Å². The van der Waals surface area contributed by atoms with E-state index in [-0.39, 0.29) is 5.60 Å².